The second-order valence-electron chi connectivity index (χ2n) is 8.32. The van der Waals surface area contributed by atoms with Crippen LogP contribution >= 0.6 is 0 Å². The van der Waals surface area contributed by atoms with Crippen LogP contribution in [-0.2, 0) is 0 Å². The quantitative estimate of drug-likeness (QED) is 0.806. The largest absolute Gasteiger partial charge is 0.314 e. The molecule has 2 fully saturated rings. The summed E-state index contributed by atoms with van der Waals surface area (Å²) in [6.07, 6.45) is 9.56. The van der Waals surface area contributed by atoms with Crippen molar-refractivity contribution in [2.24, 2.45) is 5.92 Å². The predicted octanol–water partition coefficient (Wildman–Crippen LogP) is 4.81. The molecule has 1 saturated carbocycles. The first kappa shape index (κ1) is 17.9. The van der Waals surface area contributed by atoms with E-state index in [0.717, 1.165) is 23.9 Å². The smallest absolute Gasteiger partial charge is 0.0164 e. The van der Waals surface area contributed by atoms with Gasteiger partial charge in [0.1, 0.15) is 0 Å². The third-order valence-electron chi connectivity index (χ3n) is 6.11. The van der Waals surface area contributed by atoms with Gasteiger partial charge in [0, 0.05) is 12.1 Å². The molecule has 1 aromatic carbocycles. The lowest BCUT2D eigenvalue weighted by molar-refractivity contribution is 0.0999. The Morgan fingerprint density at radius 1 is 1.00 bits per heavy atom. The van der Waals surface area contributed by atoms with Crippen molar-refractivity contribution in [3.63, 3.8) is 0 Å². The van der Waals surface area contributed by atoms with E-state index in [2.05, 4.69) is 54.4 Å². The van der Waals surface area contributed by atoms with Gasteiger partial charge in [0.15, 0.2) is 0 Å². The summed E-state index contributed by atoms with van der Waals surface area (Å²) in [5.41, 5.74) is 1.57. The highest BCUT2D eigenvalue weighted by atomic mass is 15.2. The topological polar surface area (TPSA) is 15.3 Å². The highest BCUT2D eigenvalue weighted by Crippen LogP contribution is 2.37. The van der Waals surface area contributed by atoms with Crippen molar-refractivity contribution in [2.75, 3.05) is 19.6 Å². The van der Waals surface area contributed by atoms with Crippen LogP contribution in [0.4, 0.5) is 0 Å². The maximum atomic E-state index is 3.79. The third-order valence-corrected chi connectivity index (χ3v) is 6.11. The van der Waals surface area contributed by atoms with Crippen LogP contribution in [0.2, 0.25) is 0 Å². The monoisotopic (exact) mass is 328 g/mol. The molecule has 0 radical (unpaired) electrons. The number of rotatable bonds is 6. The van der Waals surface area contributed by atoms with Crippen LogP contribution in [0.1, 0.15) is 70.3 Å². The Morgan fingerprint density at radius 3 is 2.42 bits per heavy atom. The number of likely N-dealkylation sites (tertiary alicyclic amines) is 1. The molecule has 2 aliphatic rings. The second-order valence-corrected chi connectivity index (χ2v) is 8.32. The van der Waals surface area contributed by atoms with Gasteiger partial charge in [0.25, 0.3) is 0 Å². The minimum atomic E-state index is 0.749. The van der Waals surface area contributed by atoms with Crippen molar-refractivity contribution in [2.45, 2.75) is 76.8 Å². The maximum Gasteiger partial charge on any atom is 0.0164 e. The van der Waals surface area contributed by atoms with E-state index in [4.69, 9.17) is 0 Å². The summed E-state index contributed by atoms with van der Waals surface area (Å²) in [6.45, 7) is 8.40. The Morgan fingerprint density at radius 2 is 1.71 bits per heavy atom. The first-order valence-electron chi connectivity index (χ1n) is 10.3. The van der Waals surface area contributed by atoms with Crippen LogP contribution in [-0.4, -0.2) is 36.6 Å². The summed E-state index contributed by atoms with van der Waals surface area (Å²) in [6, 6.07) is 12.8. The zero-order valence-corrected chi connectivity index (χ0v) is 15.7. The summed E-state index contributed by atoms with van der Waals surface area (Å²) in [4.78, 5) is 2.82. The van der Waals surface area contributed by atoms with Crippen LogP contribution in [0.25, 0.3) is 0 Å². The van der Waals surface area contributed by atoms with Gasteiger partial charge in [-0.05, 0) is 69.1 Å². The average molecular weight is 329 g/mol. The van der Waals surface area contributed by atoms with Crippen LogP contribution in [0, 0.1) is 5.92 Å². The summed E-state index contributed by atoms with van der Waals surface area (Å²) < 4.78 is 0. The number of piperidine rings is 1. The number of nitrogens with one attached hydrogen (secondary N) is 1. The van der Waals surface area contributed by atoms with E-state index >= 15 is 0 Å². The van der Waals surface area contributed by atoms with E-state index in [1.54, 1.807) is 5.56 Å². The number of hydrogen-bond acceptors (Lipinski definition) is 2. The second kappa shape index (κ2) is 9.01. The zero-order chi connectivity index (χ0) is 16.8. The van der Waals surface area contributed by atoms with E-state index in [1.165, 1.54) is 64.6 Å². The van der Waals surface area contributed by atoms with Crippen molar-refractivity contribution in [1.29, 1.82) is 0 Å². The van der Waals surface area contributed by atoms with Gasteiger partial charge in [0.05, 0.1) is 0 Å². The fourth-order valence-corrected chi connectivity index (χ4v) is 4.65. The molecule has 2 heteroatoms. The van der Waals surface area contributed by atoms with Gasteiger partial charge >= 0.3 is 0 Å². The molecule has 3 rings (SSSR count). The SMILES string of the molecule is CC(C)CCNC1CCN([C@@H]2CCCC[C@@H]2c2ccccc2)CC1. The molecule has 2 nitrogen and oxygen atoms in total. The van der Waals surface area contributed by atoms with E-state index < -0.39 is 0 Å². The summed E-state index contributed by atoms with van der Waals surface area (Å²) in [5.74, 6) is 1.57. The first-order valence-corrected chi connectivity index (χ1v) is 10.3. The van der Waals surface area contributed by atoms with Crippen molar-refractivity contribution in [3.05, 3.63) is 35.9 Å². The molecule has 24 heavy (non-hydrogen) atoms. The van der Waals surface area contributed by atoms with Gasteiger partial charge in [-0.3, -0.25) is 4.90 Å². The zero-order valence-electron chi connectivity index (χ0n) is 15.7. The number of nitrogens with zero attached hydrogens (tertiary/aromatic N) is 1. The van der Waals surface area contributed by atoms with Crippen molar-refractivity contribution in [3.8, 4) is 0 Å². The molecule has 0 bridgehead atoms. The molecule has 1 aliphatic heterocycles. The van der Waals surface area contributed by atoms with Gasteiger partial charge in [-0.25, -0.2) is 0 Å². The van der Waals surface area contributed by atoms with Gasteiger partial charge in [0.2, 0.25) is 0 Å². The van der Waals surface area contributed by atoms with Gasteiger partial charge in [-0.15, -0.1) is 0 Å². The van der Waals surface area contributed by atoms with Crippen molar-refractivity contribution >= 4 is 0 Å². The highest BCUT2D eigenvalue weighted by molar-refractivity contribution is 5.22. The summed E-state index contributed by atoms with van der Waals surface area (Å²) in [5, 5.41) is 3.79. The highest BCUT2D eigenvalue weighted by Gasteiger charge is 2.33. The lowest BCUT2D eigenvalue weighted by atomic mass is 9.78. The summed E-state index contributed by atoms with van der Waals surface area (Å²) in [7, 11) is 0. The van der Waals surface area contributed by atoms with E-state index in [0.29, 0.717) is 0 Å². The van der Waals surface area contributed by atoms with Gasteiger partial charge in [-0.1, -0.05) is 57.0 Å². The minimum Gasteiger partial charge on any atom is -0.314 e. The van der Waals surface area contributed by atoms with Crippen LogP contribution in [0.3, 0.4) is 0 Å². The molecule has 1 aliphatic carbocycles. The Kier molecular flexibility index (Phi) is 6.74. The first-order chi connectivity index (χ1) is 11.7. The molecule has 2 atom stereocenters. The van der Waals surface area contributed by atoms with E-state index in [1.807, 2.05) is 0 Å². The van der Waals surface area contributed by atoms with Crippen LogP contribution in [0.5, 0.6) is 0 Å². The molecule has 1 heterocycles. The van der Waals surface area contributed by atoms with E-state index in [-0.39, 0.29) is 0 Å². The standard InChI is InChI=1S/C22H36N2/c1-18(2)12-15-23-20-13-16-24(17-14-20)22-11-7-6-10-21(22)19-8-4-3-5-9-19/h3-5,8-9,18,20-23H,6-7,10-17H2,1-2H3/t21-,22-/m1/s1. The van der Waals surface area contributed by atoms with E-state index in [9.17, 15) is 0 Å². The molecule has 1 N–H and O–H groups in total. The lowest BCUT2D eigenvalue weighted by Gasteiger charge is -2.43. The Bertz CT molecular complexity index is 462. The molecule has 0 aromatic heterocycles. The molecule has 0 unspecified atom stereocenters. The average Bonchev–Trinajstić information content (AvgIpc) is 2.63. The lowest BCUT2D eigenvalue weighted by Crippen LogP contribution is -2.49. The number of hydrogen-bond donors (Lipinski definition) is 1. The molecular formula is C22H36N2. The third kappa shape index (κ3) is 4.83. The van der Waals surface area contributed by atoms with Crippen molar-refractivity contribution < 1.29 is 0 Å². The van der Waals surface area contributed by atoms with Crippen LogP contribution < -0.4 is 5.32 Å². The molecule has 1 saturated heterocycles. The molecule has 0 spiro atoms. The Balaban J connectivity index is 1.52. The minimum absolute atomic E-state index is 0.749. The van der Waals surface area contributed by atoms with Gasteiger partial charge in [-0.2, -0.15) is 0 Å². The maximum absolute atomic E-state index is 3.79. The molecule has 134 valence electrons. The molecule has 0 amide bonds. The number of benzene rings is 1. The van der Waals surface area contributed by atoms with Gasteiger partial charge < -0.3 is 5.32 Å². The fraction of sp³-hybridized carbons (Fsp3) is 0.727. The Labute approximate surface area is 149 Å². The molecular weight excluding hydrogens is 292 g/mol. The summed E-state index contributed by atoms with van der Waals surface area (Å²) >= 11 is 0. The van der Waals surface area contributed by atoms with Crippen molar-refractivity contribution in [1.82, 2.24) is 10.2 Å². The molecule has 1 aromatic rings. The Hall–Kier alpha value is -0.860. The fourth-order valence-electron chi connectivity index (χ4n) is 4.65. The normalized spacial score (nSPS) is 26.8. The van der Waals surface area contributed by atoms with Crippen LogP contribution in [0.15, 0.2) is 30.3 Å². The predicted molar refractivity (Wildman–Crippen MR) is 103 cm³/mol.